The number of rotatable bonds is 4. The van der Waals surface area contributed by atoms with Crippen molar-refractivity contribution in [3.63, 3.8) is 0 Å². The molecule has 1 heterocycles. The Morgan fingerprint density at radius 3 is 2.71 bits per heavy atom. The van der Waals surface area contributed by atoms with E-state index < -0.39 is 5.97 Å². The van der Waals surface area contributed by atoms with Gasteiger partial charge in [-0.1, -0.05) is 12.2 Å². The van der Waals surface area contributed by atoms with E-state index in [2.05, 4.69) is 10.3 Å². The zero-order valence-corrected chi connectivity index (χ0v) is 9.73. The predicted octanol–water partition coefficient (Wildman–Crippen LogP) is 1.84. The third-order valence-electron chi connectivity index (χ3n) is 2.02. The monoisotopic (exact) mass is 234 g/mol. The van der Waals surface area contributed by atoms with Gasteiger partial charge in [0, 0.05) is 12.6 Å². The molecule has 5 heteroatoms. The largest absolute Gasteiger partial charge is 0.481 e. The molecular weight excluding hydrogens is 220 g/mol. The van der Waals surface area contributed by atoms with Crippen LogP contribution < -0.4 is 5.32 Å². The van der Waals surface area contributed by atoms with Gasteiger partial charge in [0.1, 0.15) is 5.82 Å². The summed E-state index contributed by atoms with van der Waals surface area (Å²) in [6.45, 7) is 3.21. The molecule has 5 nitrogen and oxygen atoms in total. The van der Waals surface area contributed by atoms with E-state index in [0.29, 0.717) is 5.82 Å². The Morgan fingerprint density at radius 1 is 1.47 bits per heavy atom. The zero-order chi connectivity index (χ0) is 12.8. The number of carbonyl (C=O) groups excluding carboxylic acids is 1. The highest BCUT2D eigenvalue weighted by atomic mass is 16.4. The molecule has 0 fully saturated rings. The number of amides is 1. The summed E-state index contributed by atoms with van der Waals surface area (Å²) in [5.74, 6) is -0.557. The summed E-state index contributed by atoms with van der Waals surface area (Å²) in [4.78, 5) is 25.3. The molecule has 0 saturated heterocycles. The molecule has 2 N–H and O–H groups in total. The summed E-state index contributed by atoms with van der Waals surface area (Å²) in [7, 11) is 0. The van der Waals surface area contributed by atoms with Gasteiger partial charge in [0.25, 0.3) is 0 Å². The van der Waals surface area contributed by atoms with E-state index in [4.69, 9.17) is 5.11 Å². The summed E-state index contributed by atoms with van der Waals surface area (Å²) in [5, 5.41) is 11.1. The van der Waals surface area contributed by atoms with E-state index in [-0.39, 0.29) is 12.3 Å². The van der Waals surface area contributed by atoms with Crippen LogP contribution in [0, 0.1) is 6.92 Å². The number of nitrogens with zero attached hydrogens (tertiary/aromatic N) is 1. The van der Waals surface area contributed by atoms with E-state index in [0.717, 1.165) is 11.3 Å². The van der Waals surface area contributed by atoms with E-state index in [1.165, 1.54) is 6.92 Å². The quantitative estimate of drug-likeness (QED) is 0.833. The molecule has 0 saturated carbocycles. The van der Waals surface area contributed by atoms with Gasteiger partial charge in [0.2, 0.25) is 5.91 Å². The van der Waals surface area contributed by atoms with Gasteiger partial charge in [0.05, 0.1) is 6.42 Å². The van der Waals surface area contributed by atoms with Crippen molar-refractivity contribution in [3.8, 4) is 0 Å². The second kappa shape index (κ2) is 5.79. The predicted molar refractivity (Wildman–Crippen MR) is 64.6 cm³/mol. The summed E-state index contributed by atoms with van der Waals surface area (Å²) in [6, 6.07) is 3.46. The Balaban J connectivity index is 2.79. The van der Waals surface area contributed by atoms with Gasteiger partial charge in [-0.05, 0) is 24.6 Å². The molecule has 0 atom stereocenters. The number of carboxylic acid groups (broad SMARTS) is 1. The number of aliphatic carboxylic acids is 1. The molecule has 0 aliphatic heterocycles. The minimum Gasteiger partial charge on any atom is -0.481 e. The van der Waals surface area contributed by atoms with Crippen LogP contribution in [0.1, 0.15) is 24.6 Å². The number of hydrogen-bond donors (Lipinski definition) is 2. The van der Waals surface area contributed by atoms with Gasteiger partial charge in [-0.3, -0.25) is 9.59 Å². The van der Waals surface area contributed by atoms with E-state index in [1.807, 2.05) is 0 Å². The first-order chi connectivity index (χ1) is 7.99. The first-order valence-electron chi connectivity index (χ1n) is 5.12. The first-order valence-corrected chi connectivity index (χ1v) is 5.12. The number of carboxylic acids is 1. The number of carbonyl (C=O) groups is 2. The lowest BCUT2D eigenvalue weighted by molar-refractivity contribution is -0.136. The zero-order valence-electron chi connectivity index (χ0n) is 9.73. The van der Waals surface area contributed by atoms with Crippen molar-refractivity contribution in [2.45, 2.75) is 20.3 Å². The number of aromatic nitrogens is 1. The average molecular weight is 234 g/mol. The van der Waals surface area contributed by atoms with Gasteiger partial charge < -0.3 is 10.4 Å². The minimum absolute atomic E-state index is 0.0209. The Kier molecular flexibility index (Phi) is 4.39. The summed E-state index contributed by atoms with van der Waals surface area (Å²) >= 11 is 0. The van der Waals surface area contributed by atoms with Crippen molar-refractivity contribution in [3.05, 3.63) is 29.5 Å². The lowest BCUT2D eigenvalue weighted by atomic mass is 10.2. The Bertz CT molecular complexity index is 467. The summed E-state index contributed by atoms with van der Waals surface area (Å²) in [5.41, 5.74) is 1.57. The van der Waals surface area contributed by atoms with Crippen molar-refractivity contribution in [1.82, 2.24) is 4.98 Å². The third kappa shape index (κ3) is 4.46. The van der Waals surface area contributed by atoms with Crippen LogP contribution in [0.15, 0.2) is 18.2 Å². The Labute approximate surface area is 99.2 Å². The standard InChI is InChI=1S/C12H14N2O3/c1-8-10(4-3-5-12(16)17)6-7-11(13-8)14-9(2)15/h3-4,6-7H,5H2,1-2H3,(H,16,17)(H,13,14,15). The molecule has 17 heavy (non-hydrogen) atoms. The average Bonchev–Trinajstić information content (AvgIpc) is 2.20. The van der Waals surface area contributed by atoms with Crippen molar-refractivity contribution in [1.29, 1.82) is 0 Å². The topological polar surface area (TPSA) is 79.3 Å². The molecule has 0 unspecified atom stereocenters. The molecule has 0 aliphatic rings. The van der Waals surface area contributed by atoms with Crippen LogP contribution in [-0.2, 0) is 9.59 Å². The lowest BCUT2D eigenvalue weighted by Gasteiger charge is -2.04. The number of hydrogen-bond acceptors (Lipinski definition) is 3. The van der Waals surface area contributed by atoms with Crippen LogP contribution >= 0.6 is 0 Å². The van der Waals surface area contributed by atoms with Gasteiger partial charge in [-0.15, -0.1) is 0 Å². The van der Waals surface area contributed by atoms with Gasteiger partial charge in [-0.25, -0.2) is 4.98 Å². The molecule has 0 spiro atoms. The SMILES string of the molecule is CC(=O)Nc1ccc(C=CCC(=O)O)c(C)n1. The Hall–Kier alpha value is -2.17. The second-order valence-corrected chi connectivity index (χ2v) is 3.55. The first kappa shape index (κ1) is 12.9. The third-order valence-corrected chi connectivity index (χ3v) is 2.02. The van der Waals surface area contributed by atoms with Crippen LogP contribution in [0.4, 0.5) is 5.82 Å². The van der Waals surface area contributed by atoms with Crippen LogP contribution in [0.25, 0.3) is 6.08 Å². The fourth-order valence-corrected chi connectivity index (χ4v) is 1.28. The molecule has 1 aromatic rings. The molecule has 90 valence electrons. The van der Waals surface area contributed by atoms with Crippen molar-refractivity contribution < 1.29 is 14.7 Å². The minimum atomic E-state index is -0.873. The molecular formula is C12H14N2O3. The van der Waals surface area contributed by atoms with Gasteiger partial charge in [0.15, 0.2) is 0 Å². The summed E-state index contributed by atoms with van der Waals surface area (Å²) in [6.07, 6.45) is 3.24. The molecule has 0 radical (unpaired) electrons. The van der Waals surface area contributed by atoms with Crippen LogP contribution in [0.3, 0.4) is 0 Å². The van der Waals surface area contributed by atoms with Crippen LogP contribution in [0.5, 0.6) is 0 Å². The number of pyridine rings is 1. The molecule has 1 amide bonds. The number of anilines is 1. The fourth-order valence-electron chi connectivity index (χ4n) is 1.28. The van der Waals surface area contributed by atoms with Crippen LogP contribution in [-0.4, -0.2) is 22.0 Å². The highest BCUT2D eigenvalue weighted by Crippen LogP contribution is 2.12. The Morgan fingerprint density at radius 2 is 2.18 bits per heavy atom. The molecule has 0 aromatic carbocycles. The number of nitrogens with one attached hydrogen (secondary N) is 1. The second-order valence-electron chi connectivity index (χ2n) is 3.55. The number of aryl methyl sites for hydroxylation is 1. The van der Waals surface area contributed by atoms with Gasteiger partial charge in [-0.2, -0.15) is 0 Å². The lowest BCUT2D eigenvalue weighted by Crippen LogP contribution is -2.08. The summed E-state index contributed by atoms with van der Waals surface area (Å²) < 4.78 is 0. The molecule has 1 rings (SSSR count). The normalized spacial score (nSPS) is 10.5. The maximum Gasteiger partial charge on any atom is 0.307 e. The van der Waals surface area contributed by atoms with E-state index >= 15 is 0 Å². The van der Waals surface area contributed by atoms with Crippen molar-refractivity contribution in [2.75, 3.05) is 5.32 Å². The highest BCUT2D eigenvalue weighted by Gasteiger charge is 2.00. The van der Waals surface area contributed by atoms with E-state index in [1.54, 1.807) is 31.2 Å². The maximum absolute atomic E-state index is 10.8. The molecule has 0 aliphatic carbocycles. The van der Waals surface area contributed by atoms with Crippen LogP contribution in [0.2, 0.25) is 0 Å². The van der Waals surface area contributed by atoms with Crippen molar-refractivity contribution in [2.24, 2.45) is 0 Å². The van der Waals surface area contributed by atoms with Crippen molar-refractivity contribution >= 4 is 23.8 Å². The maximum atomic E-state index is 10.8. The smallest absolute Gasteiger partial charge is 0.307 e. The van der Waals surface area contributed by atoms with E-state index in [9.17, 15) is 9.59 Å². The fraction of sp³-hybridized carbons (Fsp3) is 0.250. The molecule has 0 bridgehead atoms. The molecule has 1 aromatic heterocycles. The highest BCUT2D eigenvalue weighted by molar-refractivity contribution is 5.87. The van der Waals surface area contributed by atoms with Gasteiger partial charge >= 0.3 is 5.97 Å².